The van der Waals surface area contributed by atoms with Crippen LogP contribution in [0.15, 0.2) is 24.8 Å². The van der Waals surface area contributed by atoms with Crippen molar-refractivity contribution in [2.24, 2.45) is 0 Å². The molecule has 0 aromatic carbocycles. The Hall–Kier alpha value is -1.66. The van der Waals surface area contributed by atoms with Gasteiger partial charge in [0.15, 0.2) is 0 Å². The van der Waals surface area contributed by atoms with Crippen LogP contribution in [0.2, 0.25) is 0 Å². The number of nitrogens with zero attached hydrogens (tertiary/aromatic N) is 1. The Labute approximate surface area is 209 Å². The number of amides is 1. The molecule has 0 rings (SSSR count). The molecule has 2 N–H and O–H groups in total. The smallest absolute Gasteiger partial charge is 0.330 e. The molecule has 0 radical (unpaired) electrons. The van der Waals surface area contributed by atoms with Crippen LogP contribution < -0.4 is 5.32 Å². The van der Waals surface area contributed by atoms with Gasteiger partial charge in [-0.3, -0.25) is 4.79 Å². The van der Waals surface area contributed by atoms with Crippen molar-refractivity contribution in [3.05, 3.63) is 24.8 Å². The average Bonchev–Trinajstić information content (AvgIpc) is 2.79. The SMILES string of the molecule is C=CC(=O)OC(CCCCC)C(O)C/C=C/CCCCCCCC(=O)NCC[N+](C)(C)CCC. The summed E-state index contributed by atoms with van der Waals surface area (Å²) >= 11 is 0. The third-order valence-electron chi connectivity index (χ3n) is 6.14. The lowest BCUT2D eigenvalue weighted by Gasteiger charge is -2.29. The number of aliphatic hydroxyl groups excluding tert-OH is 1. The molecule has 6 heteroatoms. The van der Waals surface area contributed by atoms with Crippen molar-refractivity contribution >= 4 is 11.9 Å². The average molecular weight is 482 g/mol. The van der Waals surface area contributed by atoms with Crippen LogP contribution in [0.25, 0.3) is 0 Å². The van der Waals surface area contributed by atoms with Gasteiger partial charge in [-0.05, 0) is 44.9 Å². The number of aliphatic hydroxyl groups is 1. The van der Waals surface area contributed by atoms with Gasteiger partial charge in [0, 0.05) is 12.5 Å². The summed E-state index contributed by atoms with van der Waals surface area (Å²) in [5.74, 6) is -0.304. The van der Waals surface area contributed by atoms with Crippen LogP contribution >= 0.6 is 0 Å². The second kappa shape index (κ2) is 20.7. The fourth-order valence-electron chi connectivity index (χ4n) is 4.01. The first kappa shape index (κ1) is 32.3. The summed E-state index contributed by atoms with van der Waals surface area (Å²) in [5, 5.41) is 13.5. The van der Waals surface area contributed by atoms with Gasteiger partial charge in [0.2, 0.25) is 5.91 Å². The molecule has 0 aromatic rings. The van der Waals surface area contributed by atoms with Crippen LogP contribution in [0.4, 0.5) is 0 Å². The molecule has 2 unspecified atom stereocenters. The van der Waals surface area contributed by atoms with Crippen LogP contribution in [0.5, 0.6) is 0 Å². The first-order valence-electron chi connectivity index (χ1n) is 13.5. The molecule has 34 heavy (non-hydrogen) atoms. The van der Waals surface area contributed by atoms with Gasteiger partial charge in [-0.2, -0.15) is 0 Å². The Morgan fingerprint density at radius 3 is 2.35 bits per heavy atom. The molecule has 0 aliphatic heterocycles. The number of nitrogens with one attached hydrogen (secondary N) is 1. The van der Waals surface area contributed by atoms with Gasteiger partial charge in [-0.15, -0.1) is 0 Å². The quantitative estimate of drug-likeness (QED) is 0.0723. The third kappa shape index (κ3) is 18.7. The van der Waals surface area contributed by atoms with E-state index in [9.17, 15) is 14.7 Å². The van der Waals surface area contributed by atoms with E-state index < -0.39 is 18.2 Å². The number of likely N-dealkylation sites (N-methyl/N-ethyl adjacent to an activating group) is 1. The van der Waals surface area contributed by atoms with Crippen molar-refractivity contribution in [2.75, 3.05) is 33.7 Å². The predicted molar refractivity (Wildman–Crippen MR) is 141 cm³/mol. The monoisotopic (exact) mass is 481 g/mol. The molecule has 0 heterocycles. The highest BCUT2D eigenvalue weighted by Gasteiger charge is 2.21. The second-order valence-corrected chi connectivity index (χ2v) is 9.99. The normalized spacial score (nSPS) is 13.6. The van der Waals surface area contributed by atoms with E-state index in [1.807, 2.05) is 6.08 Å². The maximum atomic E-state index is 12.0. The van der Waals surface area contributed by atoms with Crippen molar-refractivity contribution in [2.45, 2.75) is 110 Å². The molecule has 0 saturated heterocycles. The fourth-order valence-corrected chi connectivity index (χ4v) is 4.01. The molecule has 2 atom stereocenters. The molecule has 198 valence electrons. The number of allylic oxidation sites excluding steroid dienone is 1. The number of unbranched alkanes of at least 4 members (excludes halogenated alkanes) is 7. The van der Waals surface area contributed by atoms with E-state index in [0.29, 0.717) is 19.3 Å². The predicted octanol–water partition coefficient (Wildman–Crippen LogP) is 5.31. The lowest BCUT2D eigenvalue weighted by Crippen LogP contribution is -2.45. The minimum Gasteiger partial charge on any atom is -0.456 e. The van der Waals surface area contributed by atoms with Crippen LogP contribution in [0.1, 0.15) is 97.3 Å². The minimum absolute atomic E-state index is 0.171. The van der Waals surface area contributed by atoms with Gasteiger partial charge in [0.05, 0.1) is 39.8 Å². The Morgan fingerprint density at radius 1 is 0.971 bits per heavy atom. The van der Waals surface area contributed by atoms with Gasteiger partial charge >= 0.3 is 5.97 Å². The van der Waals surface area contributed by atoms with Crippen molar-refractivity contribution in [3.8, 4) is 0 Å². The van der Waals surface area contributed by atoms with Gasteiger partial charge in [-0.1, -0.05) is 64.7 Å². The highest BCUT2D eigenvalue weighted by Crippen LogP contribution is 2.15. The highest BCUT2D eigenvalue weighted by molar-refractivity contribution is 5.81. The summed E-state index contributed by atoms with van der Waals surface area (Å²) < 4.78 is 6.28. The largest absolute Gasteiger partial charge is 0.456 e. The lowest BCUT2D eigenvalue weighted by molar-refractivity contribution is -0.889. The van der Waals surface area contributed by atoms with Crippen molar-refractivity contribution in [1.82, 2.24) is 5.32 Å². The summed E-state index contributed by atoms with van der Waals surface area (Å²) in [4.78, 5) is 23.5. The number of carbonyl (C=O) groups is 2. The lowest BCUT2D eigenvalue weighted by atomic mass is 10.0. The van der Waals surface area contributed by atoms with Gasteiger partial charge < -0.3 is 19.6 Å². The summed E-state index contributed by atoms with van der Waals surface area (Å²) in [6.45, 7) is 10.6. The Bertz CT molecular complexity index is 575. The Morgan fingerprint density at radius 2 is 1.68 bits per heavy atom. The number of carbonyl (C=O) groups excluding carboxylic acids is 2. The van der Waals surface area contributed by atoms with E-state index in [1.165, 1.54) is 0 Å². The number of esters is 1. The molecule has 0 aromatic heterocycles. The third-order valence-corrected chi connectivity index (χ3v) is 6.14. The zero-order valence-electron chi connectivity index (χ0n) is 22.5. The number of hydrogen-bond acceptors (Lipinski definition) is 4. The van der Waals surface area contributed by atoms with Crippen LogP contribution in [-0.4, -0.2) is 67.4 Å². The van der Waals surface area contributed by atoms with Crippen molar-refractivity contribution in [3.63, 3.8) is 0 Å². The Balaban J connectivity index is 3.85. The maximum Gasteiger partial charge on any atom is 0.330 e. The minimum atomic E-state index is -0.681. The topological polar surface area (TPSA) is 75.6 Å². The second-order valence-electron chi connectivity index (χ2n) is 9.99. The zero-order valence-corrected chi connectivity index (χ0v) is 22.5. The number of quaternary nitrogens is 1. The van der Waals surface area contributed by atoms with Gasteiger partial charge in [-0.25, -0.2) is 4.79 Å². The molecule has 0 bridgehead atoms. The highest BCUT2D eigenvalue weighted by atomic mass is 16.6. The maximum absolute atomic E-state index is 12.0. The summed E-state index contributed by atoms with van der Waals surface area (Å²) in [5.41, 5.74) is 0. The molecule has 0 aliphatic rings. The van der Waals surface area contributed by atoms with E-state index in [0.717, 1.165) is 94.4 Å². The zero-order chi connectivity index (χ0) is 25.7. The fraction of sp³-hybridized carbons (Fsp3) is 0.786. The number of hydrogen-bond donors (Lipinski definition) is 2. The van der Waals surface area contributed by atoms with Gasteiger partial charge in [0.1, 0.15) is 6.10 Å². The van der Waals surface area contributed by atoms with E-state index in [1.54, 1.807) is 0 Å². The summed E-state index contributed by atoms with van der Waals surface area (Å²) in [6.07, 6.45) is 16.5. The first-order valence-corrected chi connectivity index (χ1v) is 13.5. The number of ether oxygens (including phenoxy) is 1. The van der Waals surface area contributed by atoms with E-state index >= 15 is 0 Å². The molecular formula is C28H53N2O4+. The standard InChI is InChI=1S/C28H52N2O4/c1-6-9-16-20-26(34-28(33)8-3)25(31)19-17-14-12-10-11-13-15-18-21-27(32)29-22-24-30(4,5)23-7-2/h8,14,17,25-26,31H,3,6-7,9-13,15-16,18-24H2,1-2,4-5H3/p+1/b17-14+. The van der Waals surface area contributed by atoms with E-state index in [2.05, 4.69) is 45.9 Å². The molecule has 0 aliphatic carbocycles. The molecule has 6 nitrogen and oxygen atoms in total. The van der Waals surface area contributed by atoms with Crippen LogP contribution in [0.3, 0.4) is 0 Å². The van der Waals surface area contributed by atoms with Crippen LogP contribution in [0, 0.1) is 0 Å². The van der Waals surface area contributed by atoms with E-state index in [4.69, 9.17) is 4.74 Å². The van der Waals surface area contributed by atoms with E-state index in [-0.39, 0.29) is 5.91 Å². The molecule has 0 spiro atoms. The summed E-state index contributed by atoms with van der Waals surface area (Å²) in [6, 6.07) is 0. The van der Waals surface area contributed by atoms with Gasteiger partial charge in [0.25, 0.3) is 0 Å². The number of rotatable bonds is 22. The Kier molecular flexibility index (Phi) is 19.7. The first-order chi connectivity index (χ1) is 16.3. The van der Waals surface area contributed by atoms with Crippen molar-refractivity contribution in [1.29, 1.82) is 0 Å². The molecule has 1 amide bonds. The summed E-state index contributed by atoms with van der Waals surface area (Å²) in [7, 11) is 4.42. The molecular weight excluding hydrogens is 428 g/mol. The van der Waals surface area contributed by atoms with Crippen LogP contribution in [-0.2, 0) is 14.3 Å². The van der Waals surface area contributed by atoms with Crippen molar-refractivity contribution < 1.29 is 23.9 Å². The molecule has 0 saturated carbocycles. The molecule has 0 fully saturated rings.